The van der Waals surface area contributed by atoms with E-state index in [1.165, 1.54) is 23.7 Å². The van der Waals surface area contributed by atoms with E-state index >= 15 is 0 Å². The minimum atomic E-state index is -0.741. The summed E-state index contributed by atoms with van der Waals surface area (Å²) in [7, 11) is 0. The molecular weight excluding hydrogens is 254 g/mol. The molecule has 0 saturated heterocycles. The van der Waals surface area contributed by atoms with E-state index < -0.39 is 11.9 Å². The lowest BCUT2D eigenvalue weighted by molar-refractivity contribution is 0.192. The largest absolute Gasteiger partial charge is 0.487 e. The van der Waals surface area contributed by atoms with E-state index in [4.69, 9.17) is 27.9 Å². The number of aliphatic hydroxyl groups is 1. The van der Waals surface area contributed by atoms with Gasteiger partial charge in [-0.2, -0.15) is 0 Å². The van der Waals surface area contributed by atoms with Crippen LogP contribution in [0.3, 0.4) is 0 Å². The van der Waals surface area contributed by atoms with E-state index in [1.807, 2.05) is 0 Å². The van der Waals surface area contributed by atoms with Crippen LogP contribution >= 0.6 is 23.2 Å². The Morgan fingerprint density at radius 1 is 1.62 bits per heavy atom. The van der Waals surface area contributed by atoms with Crippen molar-refractivity contribution in [3.63, 3.8) is 0 Å². The lowest BCUT2D eigenvalue weighted by atomic mass is 10.1. The van der Waals surface area contributed by atoms with Crippen LogP contribution in [-0.2, 0) is 0 Å². The molecule has 1 aromatic carbocycles. The van der Waals surface area contributed by atoms with E-state index in [-0.39, 0.29) is 12.4 Å². The van der Waals surface area contributed by atoms with Gasteiger partial charge in [-0.05, 0) is 19.1 Å². The lowest BCUT2D eigenvalue weighted by Crippen LogP contribution is -2.02. The highest BCUT2D eigenvalue weighted by atomic mass is 35.5. The fourth-order valence-corrected chi connectivity index (χ4v) is 1.27. The van der Waals surface area contributed by atoms with Crippen molar-refractivity contribution in [3.8, 4) is 5.75 Å². The topological polar surface area (TPSA) is 29.5 Å². The summed E-state index contributed by atoms with van der Waals surface area (Å²) in [5.74, 6) is -0.183. The molecule has 0 heterocycles. The molecule has 0 aliphatic heterocycles. The number of hydrogen-bond donors (Lipinski definition) is 1. The molecule has 0 unspecified atom stereocenters. The van der Waals surface area contributed by atoms with Gasteiger partial charge in [-0.25, -0.2) is 4.39 Å². The summed E-state index contributed by atoms with van der Waals surface area (Å²) in [5.41, 5.74) is 1.67. The van der Waals surface area contributed by atoms with Crippen LogP contribution < -0.4 is 4.74 Å². The predicted molar refractivity (Wildman–Crippen MR) is 62.3 cm³/mol. The molecule has 1 atom stereocenters. The zero-order valence-electron chi connectivity index (χ0n) is 8.58. The number of hydrogen-bond acceptors (Lipinski definition) is 2. The number of aliphatic hydroxyl groups excluding tert-OH is 1. The summed E-state index contributed by atoms with van der Waals surface area (Å²) >= 11 is 11.0. The van der Waals surface area contributed by atoms with Crippen LogP contribution in [0.2, 0.25) is 0 Å². The monoisotopic (exact) mass is 264 g/mol. The van der Waals surface area contributed by atoms with Crippen molar-refractivity contribution in [1.29, 1.82) is 0 Å². The number of rotatable bonds is 4. The molecule has 1 aromatic rings. The summed E-state index contributed by atoms with van der Waals surface area (Å²) in [6, 6.07) is 3.92. The van der Waals surface area contributed by atoms with Gasteiger partial charge in [-0.15, -0.1) is 0 Å². The Labute approximate surface area is 103 Å². The third-order valence-corrected chi connectivity index (χ3v) is 2.50. The molecule has 1 N–H and O–H groups in total. The third kappa shape index (κ3) is 3.67. The molecule has 0 aromatic heterocycles. The molecule has 0 aliphatic carbocycles. The second-order valence-corrected chi connectivity index (χ2v) is 3.91. The van der Waals surface area contributed by atoms with E-state index in [0.717, 1.165) is 0 Å². The molecule has 5 heteroatoms. The summed E-state index contributed by atoms with van der Waals surface area (Å²) in [5, 5.41) is 9.74. The normalized spacial score (nSPS) is 13.7. The quantitative estimate of drug-likeness (QED) is 0.901. The van der Waals surface area contributed by atoms with Crippen molar-refractivity contribution < 1.29 is 14.2 Å². The number of halogens is 3. The maximum Gasteiger partial charge on any atom is 0.128 e. The molecule has 0 aliphatic rings. The minimum absolute atomic E-state index is 0.0359. The lowest BCUT2D eigenvalue weighted by Gasteiger charge is -2.13. The zero-order valence-corrected chi connectivity index (χ0v) is 10.1. The molecule has 0 spiro atoms. The van der Waals surface area contributed by atoms with Gasteiger partial charge in [-0.1, -0.05) is 23.2 Å². The Balaban J connectivity index is 2.88. The van der Waals surface area contributed by atoms with Crippen molar-refractivity contribution >= 4 is 23.2 Å². The Morgan fingerprint density at radius 2 is 2.31 bits per heavy atom. The average Bonchev–Trinajstić information content (AvgIpc) is 2.25. The van der Waals surface area contributed by atoms with Crippen LogP contribution in [0, 0.1) is 5.82 Å². The maximum absolute atomic E-state index is 13.0. The highest BCUT2D eigenvalue weighted by Crippen LogP contribution is 2.26. The highest BCUT2D eigenvalue weighted by molar-refractivity contribution is 6.36. The van der Waals surface area contributed by atoms with Gasteiger partial charge in [0.05, 0.1) is 11.1 Å². The number of benzene rings is 1. The molecule has 0 saturated carbocycles. The Morgan fingerprint density at radius 3 is 2.88 bits per heavy atom. The average molecular weight is 265 g/mol. The standard InChI is InChI=1S/C11H11Cl2FO2/c1-7(15)10-3-2-9(14)4-11(10)16-6-8(13)5-12/h2-5,7,15H,6H2,1H3/t7-/m0/s1. The van der Waals surface area contributed by atoms with Crippen molar-refractivity contribution in [2.45, 2.75) is 13.0 Å². The highest BCUT2D eigenvalue weighted by Gasteiger charge is 2.10. The van der Waals surface area contributed by atoms with Gasteiger partial charge in [-0.3, -0.25) is 0 Å². The molecule has 1 rings (SSSR count). The fraction of sp³-hybridized carbons (Fsp3) is 0.273. The maximum atomic E-state index is 13.0. The van der Waals surface area contributed by atoms with Crippen LogP contribution in [0.5, 0.6) is 5.75 Å². The molecule has 0 fully saturated rings. The van der Waals surface area contributed by atoms with Gasteiger partial charge < -0.3 is 9.84 Å². The molecule has 0 bridgehead atoms. The summed E-state index contributed by atoms with van der Waals surface area (Å²) in [6.45, 7) is 1.60. The van der Waals surface area contributed by atoms with Gasteiger partial charge in [0.1, 0.15) is 18.2 Å². The van der Waals surface area contributed by atoms with Gasteiger partial charge in [0.15, 0.2) is 0 Å². The van der Waals surface area contributed by atoms with Crippen LogP contribution in [0.25, 0.3) is 0 Å². The third-order valence-electron chi connectivity index (χ3n) is 1.91. The second-order valence-electron chi connectivity index (χ2n) is 3.20. The second kappa shape index (κ2) is 6.09. The number of ether oxygens (including phenoxy) is 1. The van der Waals surface area contributed by atoms with Gasteiger partial charge in [0.2, 0.25) is 0 Å². The van der Waals surface area contributed by atoms with Gasteiger partial charge in [0, 0.05) is 17.2 Å². The minimum Gasteiger partial charge on any atom is -0.487 e. The van der Waals surface area contributed by atoms with Crippen molar-refractivity contribution in [2.75, 3.05) is 6.61 Å². The van der Waals surface area contributed by atoms with E-state index in [2.05, 4.69) is 0 Å². The first-order valence-corrected chi connectivity index (χ1v) is 5.41. The predicted octanol–water partition coefficient (Wildman–Crippen LogP) is 3.58. The molecule has 16 heavy (non-hydrogen) atoms. The molecule has 0 amide bonds. The molecule has 0 radical (unpaired) electrons. The first-order valence-electron chi connectivity index (χ1n) is 4.59. The molecular formula is C11H11Cl2FO2. The zero-order chi connectivity index (χ0) is 12.1. The van der Waals surface area contributed by atoms with Gasteiger partial charge >= 0.3 is 0 Å². The van der Waals surface area contributed by atoms with Crippen LogP contribution in [-0.4, -0.2) is 11.7 Å². The SMILES string of the molecule is C[C@H](O)c1ccc(F)cc1OCC(Cl)=CCl. The van der Waals surface area contributed by atoms with Crippen molar-refractivity contribution in [2.24, 2.45) is 0 Å². The summed E-state index contributed by atoms with van der Waals surface area (Å²) < 4.78 is 18.2. The van der Waals surface area contributed by atoms with E-state index in [1.54, 1.807) is 6.92 Å². The van der Waals surface area contributed by atoms with Crippen LogP contribution in [0.15, 0.2) is 28.8 Å². The Kier molecular flexibility index (Phi) is 5.06. The first kappa shape index (κ1) is 13.3. The first-order chi connectivity index (χ1) is 7.54. The Hall–Kier alpha value is -0.770. The molecule has 2 nitrogen and oxygen atoms in total. The van der Waals surface area contributed by atoms with E-state index in [9.17, 15) is 9.50 Å². The van der Waals surface area contributed by atoms with Gasteiger partial charge in [0.25, 0.3) is 0 Å². The van der Waals surface area contributed by atoms with Crippen molar-refractivity contribution in [3.05, 3.63) is 40.1 Å². The van der Waals surface area contributed by atoms with E-state index in [0.29, 0.717) is 10.6 Å². The smallest absolute Gasteiger partial charge is 0.128 e. The van der Waals surface area contributed by atoms with Crippen LogP contribution in [0.4, 0.5) is 4.39 Å². The Bertz CT molecular complexity index is 392. The fourth-order valence-electron chi connectivity index (χ4n) is 1.16. The molecule has 88 valence electrons. The summed E-state index contributed by atoms with van der Waals surface area (Å²) in [4.78, 5) is 0. The van der Waals surface area contributed by atoms with Crippen LogP contribution in [0.1, 0.15) is 18.6 Å². The van der Waals surface area contributed by atoms with Crippen molar-refractivity contribution in [1.82, 2.24) is 0 Å². The summed E-state index contributed by atoms with van der Waals surface area (Å²) in [6.07, 6.45) is -0.741.